The first-order valence-electron chi connectivity index (χ1n) is 12.3. The number of rotatable bonds is 7. The van der Waals surface area contributed by atoms with Crippen LogP contribution in [0.25, 0.3) is 0 Å². The number of ether oxygens (including phenoxy) is 1. The third-order valence-corrected chi connectivity index (χ3v) is 7.62. The molecular formula is C30H38N2O4S. The van der Waals surface area contributed by atoms with Crippen molar-refractivity contribution in [1.29, 1.82) is 0 Å². The number of amides is 1. The number of hydrogen-bond donors (Lipinski definition) is 2. The van der Waals surface area contributed by atoms with Gasteiger partial charge in [0.1, 0.15) is 5.75 Å². The molecule has 198 valence electrons. The van der Waals surface area contributed by atoms with E-state index in [0.717, 1.165) is 16.7 Å². The fourth-order valence-electron chi connectivity index (χ4n) is 3.79. The van der Waals surface area contributed by atoms with Crippen LogP contribution < -0.4 is 14.8 Å². The van der Waals surface area contributed by atoms with Gasteiger partial charge in [-0.15, -0.1) is 0 Å². The van der Waals surface area contributed by atoms with Gasteiger partial charge in [-0.05, 0) is 89.4 Å². The van der Waals surface area contributed by atoms with E-state index in [1.807, 2.05) is 32.0 Å². The lowest BCUT2D eigenvalue weighted by Crippen LogP contribution is -2.23. The average Bonchev–Trinajstić information content (AvgIpc) is 2.79. The lowest BCUT2D eigenvalue weighted by molar-refractivity contribution is -0.118. The Labute approximate surface area is 221 Å². The van der Waals surface area contributed by atoms with Crippen molar-refractivity contribution in [2.75, 3.05) is 16.6 Å². The number of aryl methyl sites for hydroxylation is 2. The molecule has 0 saturated carbocycles. The zero-order chi connectivity index (χ0) is 27.6. The molecule has 1 amide bonds. The highest BCUT2D eigenvalue weighted by Gasteiger charge is 2.23. The molecule has 0 fully saturated rings. The van der Waals surface area contributed by atoms with E-state index >= 15 is 0 Å². The van der Waals surface area contributed by atoms with Crippen molar-refractivity contribution in [3.63, 3.8) is 0 Å². The van der Waals surface area contributed by atoms with E-state index < -0.39 is 10.0 Å². The van der Waals surface area contributed by atoms with Crippen LogP contribution in [0.2, 0.25) is 0 Å². The van der Waals surface area contributed by atoms with Crippen LogP contribution in [-0.4, -0.2) is 20.9 Å². The molecule has 7 heteroatoms. The number of hydrogen-bond acceptors (Lipinski definition) is 4. The third kappa shape index (κ3) is 7.35. The first kappa shape index (κ1) is 28.3. The second kappa shape index (κ2) is 10.6. The molecule has 3 aromatic carbocycles. The molecule has 0 aliphatic carbocycles. The summed E-state index contributed by atoms with van der Waals surface area (Å²) in [6.45, 7) is 16.6. The predicted octanol–water partition coefficient (Wildman–Crippen LogP) is 6.72. The lowest BCUT2D eigenvalue weighted by atomic mass is 9.80. The summed E-state index contributed by atoms with van der Waals surface area (Å²) in [6.07, 6.45) is 0. The summed E-state index contributed by atoms with van der Waals surface area (Å²) in [5, 5.41) is 2.77. The molecule has 0 aromatic heterocycles. The molecule has 0 aliphatic heterocycles. The summed E-state index contributed by atoms with van der Waals surface area (Å²) in [7, 11) is -3.75. The highest BCUT2D eigenvalue weighted by Crippen LogP contribution is 2.35. The summed E-state index contributed by atoms with van der Waals surface area (Å²) in [5.41, 5.74) is 5.17. The fourth-order valence-corrected chi connectivity index (χ4v) is 4.83. The van der Waals surface area contributed by atoms with Gasteiger partial charge in [-0.3, -0.25) is 9.52 Å². The molecule has 37 heavy (non-hydrogen) atoms. The highest BCUT2D eigenvalue weighted by molar-refractivity contribution is 7.92. The Hall–Kier alpha value is -3.32. The van der Waals surface area contributed by atoms with Crippen LogP contribution in [0.5, 0.6) is 5.75 Å². The maximum absolute atomic E-state index is 12.8. The quantitative estimate of drug-likeness (QED) is 0.361. The van der Waals surface area contributed by atoms with Crippen molar-refractivity contribution in [2.24, 2.45) is 0 Å². The highest BCUT2D eigenvalue weighted by atomic mass is 32.2. The van der Waals surface area contributed by atoms with E-state index in [2.05, 4.69) is 57.6 Å². The number of carbonyl (C=O) groups is 1. The van der Waals surface area contributed by atoms with Crippen LogP contribution >= 0.6 is 0 Å². The number of benzene rings is 3. The van der Waals surface area contributed by atoms with E-state index in [1.54, 1.807) is 24.3 Å². The standard InChI is InChI=1S/C30H38N2O4S/c1-20-9-11-24(17-21(20)2)32-37(34,35)25-14-12-23(13-15-25)31-28(33)19-36-27-16-10-22(29(3,4)5)18-26(27)30(6,7)8/h9-18,32H,19H2,1-8H3,(H,31,33). The molecule has 0 aliphatic rings. The molecule has 0 radical (unpaired) electrons. The molecule has 3 rings (SSSR count). The summed E-state index contributed by atoms with van der Waals surface area (Å²) < 4.78 is 34.0. The van der Waals surface area contributed by atoms with Gasteiger partial charge >= 0.3 is 0 Å². The average molecular weight is 523 g/mol. The Balaban J connectivity index is 1.66. The Morgan fingerprint density at radius 1 is 0.784 bits per heavy atom. The van der Waals surface area contributed by atoms with Crippen LogP contribution in [0.15, 0.2) is 65.6 Å². The van der Waals surface area contributed by atoms with Crippen molar-refractivity contribution >= 4 is 27.3 Å². The topological polar surface area (TPSA) is 84.5 Å². The molecule has 0 spiro atoms. The number of carbonyl (C=O) groups excluding carboxylic acids is 1. The number of nitrogens with one attached hydrogen (secondary N) is 2. The second-order valence-electron chi connectivity index (χ2n) is 11.5. The minimum Gasteiger partial charge on any atom is -0.483 e. The number of anilines is 2. The smallest absolute Gasteiger partial charge is 0.262 e. The summed E-state index contributed by atoms with van der Waals surface area (Å²) in [5.74, 6) is 0.345. The fraction of sp³-hybridized carbons (Fsp3) is 0.367. The minimum absolute atomic E-state index is 0.00411. The maximum atomic E-state index is 12.8. The van der Waals surface area contributed by atoms with Crippen molar-refractivity contribution in [3.8, 4) is 5.75 Å². The molecule has 0 atom stereocenters. The lowest BCUT2D eigenvalue weighted by Gasteiger charge is -2.27. The Morgan fingerprint density at radius 3 is 1.97 bits per heavy atom. The number of sulfonamides is 1. The minimum atomic E-state index is -3.75. The van der Waals surface area contributed by atoms with Gasteiger partial charge < -0.3 is 10.1 Å². The van der Waals surface area contributed by atoms with E-state index in [1.165, 1.54) is 17.7 Å². The SMILES string of the molecule is Cc1ccc(NS(=O)(=O)c2ccc(NC(=O)COc3ccc(C(C)(C)C)cc3C(C)(C)C)cc2)cc1C. The molecule has 0 bridgehead atoms. The summed E-state index contributed by atoms with van der Waals surface area (Å²) >= 11 is 0. The van der Waals surface area contributed by atoms with Gasteiger partial charge in [-0.1, -0.05) is 59.7 Å². The normalized spacial score (nSPS) is 12.2. The van der Waals surface area contributed by atoms with Gasteiger partial charge in [0, 0.05) is 11.4 Å². The third-order valence-electron chi connectivity index (χ3n) is 6.22. The summed E-state index contributed by atoms with van der Waals surface area (Å²) in [4.78, 5) is 12.7. The monoisotopic (exact) mass is 522 g/mol. The molecule has 3 aromatic rings. The van der Waals surface area contributed by atoms with Crippen LogP contribution in [-0.2, 0) is 25.6 Å². The van der Waals surface area contributed by atoms with E-state index in [0.29, 0.717) is 17.1 Å². The second-order valence-corrected chi connectivity index (χ2v) is 13.2. The van der Waals surface area contributed by atoms with E-state index in [4.69, 9.17) is 4.74 Å². The van der Waals surface area contributed by atoms with Crippen molar-refractivity contribution < 1.29 is 17.9 Å². The van der Waals surface area contributed by atoms with Gasteiger partial charge in [0.15, 0.2) is 6.61 Å². The van der Waals surface area contributed by atoms with Crippen LogP contribution in [0.3, 0.4) is 0 Å². The zero-order valence-corrected chi connectivity index (χ0v) is 23.8. The molecule has 2 N–H and O–H groups in total. The van der Waals surface area contributed by atoms with Gasteiger partial charge in [-0.25, -0.2) is 8.42 Å². The van der Waals surface area contributed by atoms with Crippen molar-refractivity contribution in [2.45, 2.75) is 71.1 Å². The maximum Gasteiger partial charge on any atom is 0.262 e. The van der Waals surface area contributed by atoms with Gasteiger partial charge in [0.05, 0.1) is 4.90 Å². The largest absolute Gasteiger partial charge is 0.483 e. The first-order valence-corrected chi connectivity index (χ1v) is 13.8. The Bertz CT molecular complexity index is 1380. The molecule has 0 heterocycles. The van der Waals surface area contributed by atoms with Crippen LogP contribution in [0.1, 0.15) is 63.8 Å². The van der Waals surface area contributed by atoms with Crippen LogP contribution in [0, 0.1) is 13.8 Å². The van der Waals surface area contributed by atoms with E-state index in [9.17, 15) is 13.2 Å². The molecule has 0 saturated heterocycles. The first-order chi connectivity index (χ1) is 17.1. The Kier molecular flexibility index (Phi) is 8.08. The molecule has 0 unspecified atom stereocenters. The van der Waals surface area contributed by atoms with Gasteiger partial charge in [0.2, 0.25) is 0 Å². The molecular weight excluding hydrogens is 484 g/mol. The Morgan fingerprint density at radius 2 is 1.41 bits per heavy atom. The van der Waals surface area contributed by atoms with Gasteiger partial charge in [0.25, 0.3) is 15.9 Å². The van der Waals surface area contributed by atoms with Crippen molar-refractivity contribution in [3.05, 3.63) is 82.9 Å². The zero-order valence-electron chi connectivity index (χ0n) is 23.0. The summed E-state index contributed by atoms with van der Waals surface area (Å²) in [6, 6.07) is 17.6. The van der Waals surface area contributed by atoms with Gasteiger partial charge in [-0.2, -0.15) is 0 Å². The predicted molar refractivity (Wildman–Crippen MR) is 151 cm³/mol. The van der Waals surface area contributed by atoms with Crippen molar-refractivity contribution in [1.82, 2.24) is 0 Å². The van der Waals surface area contributed by atoms with Crippen LogP contribution in [0.4, 0.5) is 11.4 Å². The van der Waals surface area contributed by atoms with E-state index in [-0.39, 0.29) is 28.2 Å². The molecule has 6 nitrogen and oxygen atoms in total.